The molecule has 1 unspecified atom stereocenters. The van der Waals surface area contributed by atoms with Crippen LogP contribution in [0.5, 0.6) is 0 Å². The minimum absolute atomic E-state index is 0.354. The summed E-state index contributed by atoms with van der Waals surface area (Å²) < 4.78 is 24.6. The van der Waals surface area contributed by atoms with Crippen molar-refractivity contribution in [3.8, 4) is 0 Å². The van der Waals surface area contributed by atoms with Crippen LogP contribution in [0.3, 0.4) is 0 Å². The van der Waals surface area contributed by atoms with Crippen LogP contribution in [0.2, 0.25) is 0 Å². The fraction of sp³-hybridized carbons (Fsp3) is 1.00. The lowest BCUT2D eigenvalue weighted by Gasteiger charge is -2.32. The number of halogens is 1. The normalized spacial score (nSPS) is 30.2. The number of piperidine rings is 1. The van der Waals surface area contributed by atoms with Gasteiger partial charge in [0, 0.05) is 19.0 Å². The van der Waals surface area contributed by atoms with Crippen LogP contribution in [0.4, 0.5) is 0 Å². The van der Waals surface area contributed by atoms with E-state index in [9.17, 15) is 8.42 Å². The van der Waals surface area contributed by atoms with Gasteiger partial charge in [-0.1, -0.05) is 0 Å². The van der Waals surface area contributed by atoms with Gasteiger partial charge in [0.25, 0.3) is 0 Å². The topological polar surface area (TPSA) is 37.4 Å². The summed E-state index contributed by atoms with van der Waals surface area (Å²) in [5, 5.41) is 0. The fourth-order valence-corrected chi connectivity index (χ4v) is 3.99. The maximum absolute atomic E-state index is 11.5. The third-order valence-corrected chi connectivity index (χ3v) is 5.75. The molecule has 0 aromatic carbocycles. The molecule has 0 amide bonds. The lowest BCUT2D eigenvalue weighted by Crippen LogP contribution is -2.40. The zero-order chi connectivity index (χ0) is 11.8. The van der Waals surface area contributed by atoms with Crippen molar-refractivity contribution < 1.29 is 8.42 Å². The second kappa shape index (κ2) is 4.46. The zero-order valence-electron chi connectivity index (χ0n) is 9.78. The van der Waals surface area contributed by atoms with Crippen LogP contribution in [0.1, 0.15) is 32.1 Å². The van der Waals surface area contributed by atoms with Crippen molar-refractivity contribution in [2.24, 2.45) is 11.3 Å². The quantitative estimate of drug-likeness (QED) is 0.730. The van der Waals surface area contributed by atoms with Crippen LogP contribution in [0.25, 0.3) is 0 Å². The first-order chi connectivity index (χ1) is 7.45. The average molecular weight is 266 g/mol. The van der Waals surface area contributed by atoms with E-state index in [0.717, 1.165) is 25.1 Å². The highest BCUT2D eigenvalue weighted by Crippen LogP contribution is 2.52. The number of nitrogens with zero attached hydrogens (tertiary/aromatic N) is 1. The summed E-state index contributed by atoms with van der Waals surface area (Å²) in [6, 6.07) is 0. The molecule has 1 aliphatic carbocycles. The second-order valence-corrected chi connectivity index (χ2v) is 7.72. The molecule has 1 saturated carbocycles. The Labute approximate surface area is 103 Å². The minimum atomic E-state index is -3.00. The number of hydrogen-bond acceptors (Lipinski definition) is 2. The van der Waals surface area contributed by atoms with Crippen LogP contribution < -0.4 is 0 Å². The Morgan fingerprint density at radius 3 is 2.62 bits per heavy atom. The second-order valence-electron chi connectivity index (χ2n) is 5.47. The molecule has 1 aliphatic heterocycles. The Hall–Kier alpha value is 0.200. The van der Waals surface area contributed by atoms with Gasteiger partial charge in [0.15, 0.2) is 0 Å². The van der Waals surface area contributed by atoms with Crippen molar-refractivity contribution in [3.05, 3.63) is 0 Å². The Bertz CT molecular complexity index is 351. The predicted octanol–water partition coefficient (Wildman–Crippen LogP) is 2.07. The van der Waals surface area contributed by atoms with E-state index in [0.29, 0.717) is 24.4 Å². The summed E-state index contributed by atoms with van der Waals surface area (Å²) in [7, 11) is -3.00. The summed E-state index contributed by atoms with van der Waals surface area (Å²) in [5.74, 6) is 1.26. The van der Waals surface area contributed by atoms with Crippen molar-refractivity contribution in [2.45, 2.75) is 32.1 Å². The molecule has 1 atom stereocenters. The molecule has 5 heteroatoms. The predicted molar refractivity (Wildman–Crippen MR) is 66.1 cm³/mol. The van der Waals surface area contributed by atoms with E-state index in [1.54, 1.807) is 4.31 Å². The highest BCUT2D eigenvalue weighted by atomic mass is 35.5. The molecule has 94 valence electrons. The van der Waals surface area contributed by atoms with Gasteiger partial charge in [-0.2, -0.15) is 0 Å². The van der Waals surface area contributed by atoms with Crippen molar-refractivity contribution in [1.82, 2.24) is 4.31 Å². The SMILES string of the molecule is CS(=O)(=O)N1CCCC(CC2(CCl)CC2)C1. The molecule has 0 aromatic rings. The van der Waals surface area contributed by atoms with E-state index in [1.165, 1.54) is 19.1 Å². The van der Waals surface area contributed by atoms with Crippen molar-refractivity contribution in [3.63, 3.8) is 0 Å². The average Bonchev–Trinajstić information content (AvgIpc) is 2.98. The molecule has 2 aliphatic rings. The molecule has 0 N–H and O–H groups in total. The van der Waals surface area contributed by atoms with E-state index in [-0.39, 0.29) is 0 Å². The van der Waals surface area contributed by atoms with Crippen LogP contribution in [-0.4, -0.2) is 37.9 Å². The molecule has 3 nitrogen and oxygen atoms in total. The largest absolute Gasteiger partial charge is 0.213 e. The maximum atomic E-state index is 11.5. The third kappa shape index (κ3) is 2.90. The van der Waals surface area contributed by atoms with Gasteiger partial charge in [-0.05, 0) is 43.4 Å². The first-order valence-corrected chi connectivity index (χ1v) is 8.35. The van der Waals surface area contributed by atoms with E-state index >= 15 is 0 Å². The number of alkyl halides is 1. The van der Waals surface area contributed by atoms with E-state index < -0.39 is 10.0 Å². The van der Waals surface area contributed by atoms with E-state index in [4.69, 9.17) is 11.6 Å². The van der Waals surface area contributed by atoms with Crippen LogP contribution in [0.15, 0.2) is 0 Å². The lowest BCUT2D eigenvalue weighted by atomic mass is 9.88. The summed E-state index contributed by atoms with van der Waals surface area (Å²) in [6.07, 6.45) is 7.03. The molecule has 0 spiro atoms. The Kier molecular flexibility index (Phi) is 3.53. The monoisotopic (exact) mass is 265 g/mol. The number of rotatable bonds is 4. The van der Waals surface area contributed by atoms with Gasteiger partial charge in [0.05, 0.1) is 6.26 Å². The molecular formula is C11H20ClNO2S. The summed E-state index contributed by atoms with van der Waals surface area (Å²) in [4.78, 5) is 0. The van der Waals surface area contributed by atoms with E-state index in [2.05, 4.69) is 0 Å². The molecule has 0 radical (unpaired) electrons. The third-order valence-electron chi connectivity index (χ3n) is 3.91. The Balaban J connectivity index is 1.92. The van der Waals surface area contributed by atoms with E-state index in [1.807, 2.05) is 0 Å². The van der Waals surface area contributed by atoms with Crippen molar-refractivity contribution >= 4 is 21.6 Å². The standard InChI is InChI=1S/C11H20ClNO2S/c1-16(14,15)13-6-2-3-10(8-13)7-11(9-12)4-5-11/h10H,2-9H2,1H3. The van der Waals surface area contributed by atoms with Crippen molar-refractivity contribution in [2.75, 3.05) is 25.2 Å². The fourth-order valence-electron chi connectivity index (χ4n) is 2.68. The molecule has 16 heavy (non-hydrogen) atoms. The van der Waals surface area contributed by atoms with Gasteiger partial charge in [-0.15, -0.1) is 11.6 Å². The highest BCUT2D eigenvalue weighted by molar-refractivity contribution is 7.88. The molecule has 1 heterocycles. The van der Waals surface area contributed by atoms with Gasteiger partial charge < -0.3 is 0 Å². The highest BCUT2D eigenvalue weighted by Gasteiger charge is 2.44. The Morgan fingerprint density at radius 1 is 1.44 bits per heavy atom. The van der Waals surface area contributed by atoms with Gasteiger partial charge in [-0.3, -0.25) is 0 Å². The summed E-state index contributed by atoms with van der Waals surface area (Å²) >= 11 is 5.97. The summed E-state index contributed by atoms with van der Waals surface area (Å²) in [6.45, 7) is 1.40. The first-order valence-electron chi connectivity index (χ1n) is 5.96. The number of hydrogen-bond donors (Lipinski definition) is 0. The van der Waals surface area contributed by atoms with Crippen molar-refractivity contribution in [1.29, 1.82) is 0 Å². The molecule has 1 saturated heterocycles. The van der Waals surface area contributed by atoms with Gasteiger partial charge >= 0.3 is 0 Å². The molecular weight excluding hydrogens is 246 g/mol. The van der Waals surface area contributed by atoms with Crippen LogP contribution in [0, 0.1) is 11.3 Å². The maximum Gasteiger partial charge on any atom is 0.211 e. The van der Waals surface area contributed by atoms with Crippen LogP contribution >= 0.6 is 11.6 Å². The molecule has 0 bridgehead atoms. The molecule has 2 fully saturated rings. The minimum Gasteiger partial charge on any atom is -0.213 e. The molecule has 2 rings (SSSR count). The van der Waals surface area contributed by atoms with Gasteiger partial charge in [-0.25, -0.2) is 12.7 Å². The smallest absolute Gasteiger partial charge is 0.211 e. The zero-order valence-corrected chi connectivity index (χ0v) is 11.4. The van der Waals surface area contributed by atoms with Gasteiger partial charge in [0.2, 0.25) is 10.0 Å². The first kappa shape index (κ1) is 12.7. The lowest BCUT2D eigenvalue weighted by molar-refractivity contribution is 0.230. The number of sulfonamides is 1. The molecule has 0 aromatic heterocycles. The Morgan fingerprint density at radius 2 is 2.12 bits per heavy atom. The van der Waals surface area contributed by atoms with Crippen LogP contribution in [-0.2, 0) is 10.0 Å². The summed E-state index contributed by atoms with van der Waals surface area (Å²) in [5.41, 5.74) is 0.354. The van der Waals surface area contributed by atoms with Gasteiger partial charge in [0.1, 0.15) is 0 Å².